The van der Waals surface area contributed by atoms with Crippen molar-refractivity contribution >= 4 is 29.3 Å². The van der Waals surface area contributed by atoms with Crippen molar-refractivity contribution in [2.24, 2.45) is 5.92 Å². The third-order valence-electron chi connectivity index (χ3n) is 3.72. The van der Waals surface area contributed by atoms with Gasteiger partial charge in [-0.05, 0) is 37.0 Å². The Labute approximate surface area is 128 Å². The Morgan fingerprint density at radius 2 is 2.24 bits per heavy atom. The first-order valence-electron chi connectivity index (χ1n) is 7.10. The number of halogens is 1. The molecule has 2 rings (SSSR count). The van der Waals surface area contributed by atoms with Gasteiger partial charge in [-0.1, -0.05) is 24.9 Å². The summed E-state index contributed by atoms with van der Waals surface area (Å²) >= 11 is 6.00. The topological polar surface area (TPSA) is 69.6 Å². The molecule has 1 aromatic rings. The summed E-state index contributed by atoms with van der Waals surface area (Å²) in [7, 11) is 0. The molecule has 0 saturated carbocycles. The maximum absolute atomic E-state index is 12.2. The highest BCUT2D eigenvalue weighted by Crippen LogP contribution is 2.25. The minimum atomic E-state index is -1.05. The van der Waals surface area contributed by atoms with E-state index in [0.717, 1.165) is 32.4 Å². The Morgan fingerprint density at radius 3 is 2.90 bits per heavy atom. The van der Waals surface area contributed by atoms with Gasteiger partial charge >= 0.3 is 12.0 Å². The van der Waals surface area contributed by atoms with E-state index in [1.807, 2.05) is 0 Å². The van der Waals surface area contributed by atoms with Gasteiger partial charge in [0.2, 0.25) is 0 Å². The maximum Gasteiger partial charge on any atom is 0.335 e. The van der Waals surface area contributed by atoms with E-state index in [-0.39, 0.29) is 11.6 Å². The van der Waals surface area contributed by atoms with Crippen LogP contribution in [-0.4, -0.2) is 35.1 Å². The molecule has 1 saturated heterocycles. The Hall–Kier alpha value is -1.75. The number of likely N-dealkylation sites (tertiary alicyclic amines) is 1. The normalized spacial score (nSPS) is 17.8. The molecule has 6 heteroatoms. The molecule has 114 valence electrons. The molecule has 0 spiro atoms. The lowest BCUT2D eigenvalue weighted by atomic mass is 10.0. The van der Waals surface area contributed by atoms with E-state index in [2.05, 4.69) is 12.2 Å². The quantitative estimate of drug-likeness (QED) is 0.891. The van der Waals surface area contributed by atoms with Crippen LogP contribution in [0.5, 0.6) is 0 Å². The number of carbonyl (C=O) groups excluding carboxylic acids is 1. The van der Waals surface area contributed by atoms with E-state index in [1.54, 1.807) is 4.90 Å². The Balaban J connectivity index is 2.03. The lowest BCUT2D eigenvalue weighted by molar-refractivity contribution is 0.0697. The number of hydrogen-bond donors (Lipinski definition) is 2. The third kappa shape index (κ3) is 3.88. The zero-order valence-electron chi connectivity index (χ0n) is 11.9. The molecule has 1 unspecified atom stereocenters. The van der Waals surface area contributed by atoms with E-state index in [0.29, 0.717) is 16.6 Å². The Morgan fingerprint density at radius 1 is 1.48 bits per heavy atom. The summed E-state index contributed by atoms with van der Waals surface area (Å²) in [4.78, 5) is 24.9. The van der Waals surface area contributed by atoms with Crippen molar-refractivity contribution in [3.63, 3.8) is 0 Å². The van der Waals surface area contributed by atoms with Gasteiger partial charge < -0.3 is 15.3 Å². The first-order chi connectivity index (χ1) is 10.0. The molecule has 1 aromatic carbocycles. The van der Waals surface area contributed by atoms with Gasteiger partial charge in [-0.15, -0.1) is 0 Å². The van der Waals surface area contributed by atoms with Crippen molar-refractivity contribution < 1.29 is 14.7 Å². The molecule has 0 aliphatic carbocycles. The summed E-state index contributed by atoms with van der Waals surface area (Å²) < 4.78 is 0. The predicted molar refractivity (Wildman–Crippen MR) is 82.0 cm³/mol. The number of benzene rings is 1. The standard InChI is InChI=1S/C15H19ClN2O3/c1-2-3-10-6-7-18(9-10)15(21)17-13-8-11(14(19)20)4-5-12(13)16/h4-5,8,10H,2-3,6-7,9H2,1H3,(H,17,21)(H,19,20). The van der Waals surface area contributed by atoms with Crippen molar-refractivity contribution in [2.75, 3.05) is 18.4 Å². The summed E-state index contributed by atoms with van der Waals surface area (Å²) in [6.07, 6.45) is 3.26. The van der Waals surface area contributed by atoms with Crippen molar-refractivity contribution in [3.8, 4) is 0 Å². The number of nitrogens with one attached hydrogen (secondary N) is 1. The van der Waals surface area contributed by atoms with Crippen LogP contribution in [0, 0.1) is 5.92 Å². The molecule has 1 heterocycles. The van der Waals surface area contributed by atoms with E-state index >= 15 is 0 Å². The average molecular weight is 311 g/mol. The van der Waals surface area contributed by atoms with Crippen molar-refractivity contribution in [3.05, 3.63) is 28.8 Å². The van der Waals surface area contributed by atoms with Crippen LogP contribution in [0.1, 0.15) is 36.5 Å². The van der Waals surface area contributed by atoms with Crippen LogP contribution in [0.3, 0.4) is 0 Å². The number of carbonyl (C=O) groups is 2. The van der Waals surface area contributed by atoms with Crippen LogP contribution in [0.25, 0.3) is 0 Å². The number of hydrogen-bond acceptors (Lipinski definition) is 2. The Kier molecular flexibility index (Phi) is 5.07. The molecule has 1 aliphatic rings. The summed E-state index contributed by atoms with van der Waals surface area (Å²) in [5.74, 6) is -0.493. The fourth-order valence-electron chi connectivity index (χ4n) is 2.61. The van der Waals surface area contributed by atoms with Crippen molar-refractivity contribution in [1.29, 1.82) is 0 Å². The second-order valence-corrected chi connectivity index (χ2v) is 5.73. The van der Waals surface area contributed by atoms with Gasteiger partial charge in [-0.2, -0.15) is 0 Å². The number of aromatic carboxylic acids is 1. The summed E-state index contributed by atoms with van der Waals surface area (Å²) in [5, 5.41) is 12.0. The highest BCUT2D eigenvalue weighted by molar-refractivity contribution is 6.33. The summed E-state index contributed by atoms with van der Waals surface area (Å²) in [6, 6.07) is 4.04. The molecule has 2 amide bonds. The third-order valence-corrected chi connectivity index (χ3v) is 4.05. The lowest BCUT2D eigenvalue weighted by Crippen LogP contribution is -2.33. The molecule has 1 aliphatic heterocycles. The number of urea groups is 1. The van der Waals surface area contributed by atoms with Gasteiger partial charge in [0.1, 0.15) is 0 Å². The van der Waals surface area contributed by atoms with E-state index in [1.165, 1.54) is 18.2 Å². The van der Waals surface area contributed by atoms with Crippen LogP contribution >= 0.6 is 11.6 Å². The molecule has 0 radical (unpaired) electrons. The number of carboxylic acid groups (broad SMARTS) is 1. The molecule has 1 fully saturated rings. The number of carboxylic acids is 1. The monoisotopic (exact) mass is 310 g/mol. The predicted octanol–water partition coefficient (Wildman–Crippen LogP) is 3.69. The molecule has 1 atom stereocenters. The zero-order valence-corrected chi connectivity index (χ0v) is 12.7. The fraction of sp³-hybridized carbons (Fsp3) is 0.467. The van der Waals surface area contributed by atoms with Gasteiger partial charge in [0.05, 0.1) is 16.3 Å². The smallest absolute Gasteiger partial charge is 0.335 e. The van der Waals surface area contributed by atoms with E-state index < -0.39 is 5.97 Å². The largest absolute Gasteiger partial charge is 0.478 e. The number of amides is 2. The first-order valence-corrected chi connectivity index (χ1v) is 7.47. The van der Waals surface area contributed by atoms with Crippen LogP contribution in [0.2, 0.25) is 5.02 Å². The fourth-order valence-corrected chi connectivity index (χ4v) is 2.77. The Bertz CT molecular complexity index is 548. The van der Waals surface area contributed by atoms with E-state index in [4.69, 9.17) is 16.7 Å². The molecule has 5 nitrogen and oxygen atoms in total. The molecule has 21 heavy (non-hydrogen) atoms. The molecular weight excluding hydrogens is 292 g/mol. The first kappa shape index (κ1) is 15.6. The maximum atomic E-state index is 12.2. The summed E-state index contributed by atoms with van der Waals surface area (Å²) in [6.45, 7) is 3.61. The number of nitrogens with zero attached hydrogens (tertiary/aromatic N) is 1. The highest BCUT2D eigenvalue weighted by atomic mass is 35.5. The molecule has 0 bridgehead atoms. The molecule has 2 N–H and O–H groups in total. The minimum absolute atomic E-state index is 0.0972. The van der Waals surface area contributed by atoms with Crippen molar-refractivity contribution in [1.82, 2.24) is 4.90 Å². The van der Waals surface area contributed by atoms with Crippen molar-refractivity contribution in [2.45, 2.75) is 26.2 Å². The zero-order chi connectivity index (χ0) is 15.4. The second-order valence-electron chi connectivity index (χ2n) is 5.32. The van der Waals surface area contributed by atoms with Gasteiger partial charge in [0, 0.05) is 13.1 Å². The molecular formula is C15H19ClN2O3. The van der Waals surface area contributed by atoms with Crippen LogP contribution in [0.4, 0.5) is 10.5 Å². The second kappa shape index (κ2) is 6.80. The van der Waals surface area contributed by atoms with Crippen LogP contribution < -0.4 is 5.32 Å². The van der Waals surface area contributed by atoms with Gasteiger partial charge in [-0.25, -0.2) is 9.59 Å². The lowest BCUT2D eigenvalue weighted by Gasteiger charge is -2.18. The highest BCUT2D eigenvalue weighted by Gasteiger charge is 2.26. The van der Waals surface area contributed by atoms with Crippen LogP contribution in [-0.2, 0) is 0 Å². The van der Waals surface area contributed by atoms with Gasteiger partial charge in [0.25, 0.3) is 0 Å². The average Bonchev–Trinajstić information content (AvgIpc) is 2.90. The summed E-state index contributed by atoms with van der Waals surface area (Å²) in [5.41, 5.74) is 0.431. The molecule has 0 aromatic heterocycles. The number of rotatable bonds is 4. The van der Waals surface area contributed by atoms with Gasteiger partial charge in [0.15, 0.2) is 0 Å². The number of anilines is 1. The van der Waals surface area contributed by atoms with Gasteiger partial charge in [-0.3, -0.25) is 0 Å². The van der Waals surface area contributed by atoms with E-state index in [9.17, 15) is 9.59 Å². The SMILES string of the molecule is CCCC1CCN(C(=O)Nc2cc(C(=O)O)ccc2Cl)C1. The minimum Gasteiger partial charge on any atom is -0.478 e. The van der Waals surface area contributed by atoms with Crippen LogP contribution in [0.15, 0.2) is 18.2 Å².